The predicted octanol–water partition coefficient (Wildman–Crippen LogP) is 3.73. The molecule has 0 heterocycles. The van der Waals surface area contributed by atoms with E-state index in [0.717, 1.165) is 18.4 Å². The van der Waals surface area contributed by atoms with Gasteiger partial charge in [-0.1, -0.05) is 27.7 Å². The summed E-state index contributed by atoms with van der Waals surface area (Å²) in [5.74, 6) is -0.688. The molecule has 0 saturated heterocycles. The van der Waals surface area contributed by atoms with Crippen molar-refractivity contribution in [2.75, 3.05) is 0 Å². The summed E-state index contributed by atoms with van der Waals surface area (Å²) < 4.78 is 0. The molecule has 96 valence electrons. The molecule has 0 aliphatic heterocycles. The summed E-state index contributed by atoms with van der Waals surface area (Å²) in [6.07, 6.45) is 1.90. The van der Waals surface area contributed by atoms with Crippen molar-refractivity contribution in [1.82, 2.24) is 0 Å². The van der Waals surface area contributed by atoms with Gasteiger partial charge >= 0.3 is 0 Å². The lowest BCUT2D eigenvalue weighted by molar-refractivity contribution is 0.331. The van der Waals surface area contributed by atoms with Crippen LogP contribution in [0.2, 0.25) is 0 Å². The minimum Gasteiger partial charge on any atom is -0.504 e. The molecule has 17 heavy (non-hydrogen) atoms. The van der Waals surface area contributed by atoms with Crippen molar-refractivity contribution in [2.45, 2.75) is 46.5 Å². The van der Waals surface area contributed by atoms with E-state index in [1.807, 2.05) is 0 Å². The first-order chi connectivity index (χ1) is 7.74. The summed E-state index contributed by atoms with van der Waals surface area (Å²) in [6, 6.07) is 3.07. The molecule has 0 amide bonds. The molecule has 0 aromatic heterocycles. The van der Waals surface area contributed by atoms with Gasteiger partial charge in [-0.2, -0.15) is 0 Å². The van der Waals surface area contributed by atoms with Gasteiger partial charge in [0.1, 0.15) is 0 Å². The lowest BCUT2D eigenvalue weighted by atomic mass is 9.80. The molecule has 1 atom stereocenters. The summed E-state index contributed by atoms with van der Waals surface area (Å²) >= 11 is 0. The second-order valence-electron chi connectivity index (χ2n) is 5.78. The Balaban J connectivity index is 3.05. The number of hydrogen-bond donors (Lipinski definition) is 3. The van der Waals surface area contributed by atoms with Crippen LogP contribution in [0.25, 0.3) is 0 Å². The second-order valence-corrected chi connectivity index (χ2v) is 5.78. The van der Waals surface area contributed by atoms with E-state index in [-0.39, 0.29) is 22.8 Å². The predicted molar refractivity (Wildman–Crippen MR) is 68.5 cm³/mol. The van der Waals surface area contributed by atoms with Crippen molar-refractivity contribution in [3.63, 3.8) is 0 Å². The fraction of sp³-hybridized carbons (Fsp3) is 0.571. The van der Waals surface area contributed by atoms with Crippen LogP contribution in [0.5, 0.6) is 17.2 Å². The first kappa shape index (κ1) is 13.7. The van der Waals surface area contributed by atoms with Crippen LogP contribution in [0, 0.1) is 5.41 Å². The molecular formula is C14H22O3. The summed E-state index contributed by atoms with van der Waals surface area (Å²) in [5, 5.41) is 28.3. The zero-order chi connectivity index (χ0) is 13.2. The maximum Gasteiger partial charge on any atom is 0.200 e. The monoisotopic (exact) mass is 238 g/mol. The quantitative estimate of drug-likeness (QED) is 0.703. The molecule has 3 nitrogen and oxygen atoms in total. The Morgan fingerprint density at radius 3 is 1.88 bits per heavy atom. The second kappa shape index (κ2) is 4.86. The fourth-order valence-electron chi connectivity index (χ4n) is 2.10. The van der Waals surface area contributed by atoms with Crippen LogP contribution in [0.15, 0.2) is 12.1 Å². The van der Waals surface area contributed by atoms with Gasteiger partial charge < -0.3 is 15.3 Å². The molecule has 1 rings (SSSR count). The Kier molecular flexibility index (Phi) is 3.91. The van der Waals surface area contributed by atoms with Crippen LogP contribution in [0.4, 0.5) is 0 Å². The first-order valence-corrected chi connectivity index (χ1v) is 5.99. The number of benzene rings is 1. The molecule has 0 aliphatic carbocycles. The van der Waals surface area contributed by atoms with Crippen molar-refractivity contribution in [3.8, 4) is 17.2 Å². The van der Waals surface area contributed by atoms with Gasteiger partial charge in [0, 0.05) is 0 Å². The first-order valence-electron chi connectivity index (χ1n) is 5.99. The Morgan fingerprint density at radius 2 is 1.53 bits per heavy atom. The van der Waals surface area contributed by atoms with Crippen molar-refractivity contribution in [2.24, 2.45) is 5.41 Å². The van der Waals surface area contributed by atoms with E-state index >= 15 is 0 Å². The van der Waals surface area contributed by atoms with Crippen LogP contribution in [0.1, 0.15) is 52.0 Å². The average Bonchev–Trinajstić information content (AvgIpc) is 2.20. The summed E-state index contributed by atoms with van der Waals surface area (Å²) in [6.45, 7) is 8.57. The van der Waals surface area contributed by atoms with Gasteiger partial charge in [0.2, 0.25) is 0 Å². The molecule has 0 fully saturated rings. The van der Waals surface area contributed by atoms with E-state index in [1.54, 1.807) is 0 Å². The van der Waals surface area contributed by atoms with Gasteiger partial charge in [-0.25, -0.2) is 0 Å². The lowest BCUT2D eigenvalue weighted by Gasteiger charge is -2.25. The van der Waals surface area contributed by atoms with Crippen LogP contribution >= 0.6 is 0 Å². The molecule has 0 aliphatic rings. The SMILES string of the molecule is CCC(CC(C)(C)C)c1cc(O)c(O)c(O)c1. The number of rotatable bonds is 3. The van der Waals surface area contributed by atoms with Crippen LogP contribution in [-0.4, -0.2) is 15.3 Å². The Labute approximate surface area is 103 Å². The third kappa shape index (κ3) is 3.55. The number of aromatic hydroxyl groups is 3. The average molecular weight is 238 g/mol. The standard InChI is InChI=1S/C14H22O3/c1-5-9(8-14(2,3)4)10-6-11(15)13(17)12(16)7-10/h6-7,9,15-17H,5,8H2,1-4H3. The van der Waals surface area contributed by atoms with Crippen molar-refractivity contribution in [3.05, 3.63) is 17.7 Å². The number of hydrogen-bond acceptors (Lipinski definition) is 3. The van der Waals surface area contributed by atoms with Crippen LogP contribution in [-0.2, 0) is 0 Å². The van der Waals surface area contributed by atoms with E-state index in [9.17, 15) is 15.3 Å². The van der Waals surface area contributed by atoms with E-state index in [1.165, 1.54) is 12.1 Å². The Morgan fingerprint density at radius 1 is 1.06 bits per heavy atom. The summed E-state index contributed by atoms with van der Waals surface area (Å²) in [4.78, 5) is 0. The highest BCUT2D eigenvalue weighted by atomic mass is 16.3. The number of phenolic OH excluding ortho intramolecular Hbond substituents is 3. The Hall–Kier alpha value is -1.38. The largest absolute Gasteiger partial charge is 0.504 e. The normalized spacial score (nSPS) is 13.6. The zero-order valence-electron chi connectivity index (χ0n) is 11.0. The Bertz CT molecular complexity index is 368. The van der Waals surface area contributed by atoms with Crippen molar-refractivity contribution < 1.29 is 15.3 Å². The van der Waals surface area contributed by atoms with Gasteiger partial charge in [-0.3, -0.25) is 0 Å². The van der Waals surface area contributed by atoms with Gasteiger partial charge in [-0.15, -0.1) is 0 Å². The van der Waals surface area contributed by atoms with Crippen molar-refractivity contribution in [1.29, 1.82) is 0 Å². The third-order valence-corrected chi connectivity index (χ3v) is 2.91. The molecule has 1 aromatic rings. The molecule has 0 spiro atoms. The van der Waals surface area contributed by atoms with E-state index < -0.39 is 5.75 Å². The topological polar surface area (TPSA) is 60.7 Å². The minimum atomic E-state index is -0.445. The number of phenols is 3. The molecule has 3 heteroatoms. The molecule has 1 aromatic carbocycles. The van der Waals surface area contributed by atoms with E-state index in [4.69, 9.17) is 0 Å². The lowest BCUT2D eigenvalue weighted by Crippen LogP contribution is -2.11. The van der Waals surface area contributed by atoms with Gasteiger partial charge in [0.05, 0.1) is 0 Å². The van der Waals surface area contributed by atoms with Crippen LogP contribution in [0.3, 0.4) is 0 Å². The molecule has 0 saturated carbocycles. The summed E-state index contributed by atoms with van der Waals surface area (Å²) in [7, 11) is 0. The van der Waals surface area contributed by atoms with Gasteiger partial charge in [-0.05, 0) is 41.9 Å². The van der Waals surface area contributed by atoms with Gasteiger partial charge in [0.25, 0.3) is 0 Å². The molecule has 0 radical (unpaired) electrons. The molecule has 1 unspecified atom stereocenters. The highest BCUT2D eigenvalue weighted by Gasteiger charge is 2.21. The molecular weight excluding hydrogens is 216 g/mol. The molecule has 3 N–H and O–H groups in total. The van der Waals surface area contributed by atoms with Crippen molar-refractivity contribution >= 4 is 0 Å². The maximum absolute atomic E-state index is 9.51. The van der Waals surface area contributed by atoms with Gasteiger partial charge in [0.15, 0.2) is 17.2 Å². The van der Waals surface area contributed by atoms with E-state index in [2.05, 4.69) is 27.7 Å². The fourth-order valence-corrected chi connectivity index (χ4v) is 2.10. The summed E-state index contributed by atoms with van der Waals surface area (Å²) in [5.41, 5.74) is 1.05. The maximum atomic E-state index is 9.51. The molecule has 0 bridgehead atoms. The zero-order valence-corrected chi connectivity index (χ0v) is 11.0. The van der Waals surface area contributed by atoms with Crippen LogP contribution < -0.4 is 0 Å². The third-order valence-electron chi connectivity index (χ3n) is 2.91. The highest BCUT2D eigenvalue weighted by molar-refractivity contribution is 5.51. The smallest absolute Gasteiger partial charge is 0.200 e. The van der Waals surface area contributed by atoms with E-state index in [0.29, 0.717) is 0 Å². The minimum absolute atomic E-state index is 0.184. The highest BCUT2D eigenvalue weighted by Crippen LogP contribution is 2.41.